The number of hydrogen-bond acceptors (Lipinski definition) is 3. The van der Waals surface area contributed by atoms with Crippen molar-refractivity contribution in [2.45, 2.75) is 91.9 Å². The Bertz CT molecular complexity index is 750. The Morgan fingerprint density at radius 1 is 1.07 bits per heavy atom. The SMILES string of the molecule is CC(O)=C1CC[C@@]2(C)[C@H](CC(=O)[C@@H]3[C@@H]2CC[C@]2(C)[C@@H]([C@H](C)CCC(=O)O)CC[C@@H]32)C1. The fourth-order valence-corrected chi connectivity index (χ4v) is 8.61. The summed E-state index contributed by atoms with van der Waals surface area (Å²) in [5, 5.41) is 19.1. The number of carbonyl (C=O) groups excluding carboxylic acids is 1. The third kappa shape index (κ3) is 3.33. The molecule has 0 spiro atoms. The molecule has 0 aliphatic heterocycles. The second-order valence-electron chi connectivity index (χ2n) is 11.6. The fraction of sp³-hybridized carbons (Fsp3) is 0.846. The molecule has 2 N–H and O–H groups in total. The van der Waals surface area contributed by atoms with Gasteiger partial charge in [0.15, 0.2) is 0 Å². The van der Waals surface area contributed by atoms with Gasteiger partial charge in [0.1, 0.15) is 5.78 Å². The number of rotatable bonds is 4. The maximum absolute atomic E-state index is 13.5. The Morgan fingerprint density at radius 3 is 2.43 bits per heavy atom. The summed E-state index contributed by atoms with van der Waals surface area (Å²) in [7, 11) is 0. The summed E-state index contributed by atoms with van der Waals surface area (Å²) < 4.78 is 0. The fourth-order valence-electron chi connectivity index (χ4n) is 8.61. The van der Waals surface area contributed by atoms with Gasteiger partial charge in [-0.1, -0.05) is 20.8 Å². The molecule has 8 atom stereocenters. The topological polar surface area (TPSA) is 74.6 Å². The molecule has 4 fully saturated rings. The molecule has 0 unspecified atom stereocenters. The highest BCUT2D eigenvalue weighted by Gasteiger charge is 2.62. The number of Topliss-reactive ketones (excluding diaryl/α,β-unsaturated/α-hetero) is 1. The zero-order chi connectivity index (χ0) is 21.8. The molecule has 0 saturated heterocycles. The molecule has 4 saturated carbocycles. The minimum atomic E-state index is -0.699. The van der Waals surface area contributed by atoms with Crippen molar-refractivity contribution in [1.29, 1.82) is 0 Å². The largest absolute Gasteiger partial charge is 0.513 e. The van der Waals surface area contributed by atoms with Crippen LogP contribution < -0.4 is 0 Å². The lowest BCUT2D eigenvalue weighted by atomic mass is 9.44. The van der Waals surface area contributed by atoms with E-state index in [-0.39, 0.29) is 23.2 Å². The van der Waals surface area contributed by atoms with Gasteiger partial charge in [0.2, 0.25) is 0 Å². The molecule has 0 amide bonds. The standard InChI is InChI=1S/C26H40O4/c1-15(5-8-23(29)30)19-6-7-20-24-21(10-12-26(19,20)4)25(3)11-9-17(16(2)27)13-18(25)14-22(24)28/h15,18-21,24,27H,5-14H2,1-4H3,(H,29,30)/t15-,18+,19-,20+,21+,24+,25+,26-/m1/s1. The van der Waals surface area contributed by atoms with E-state index in [1.165, 1.54) is 6.42 Å². The van der Waals surface area contributed by atoms with E-state index in [2.05, 4.69) is 20.8 Å². The predicted octanol–water partition coefficient (Wildman–Crippen LogP) is 6.16. The molecule has 0 bridgehead atoms. The number of aliphatic hydroxyl groups excluding tert-OH is 1. The van der Waals surface area contributed by atoms with E-state index in [0.29, 0.717) is 47.6 Å². The minimum absolute atomic E-state index is 0.180. The third-order valence-electron chi connectivity index (χ3n) is 10.4. The highest BCUT2D eigenvalue weighted by molar-refractivity contribution is 5.83. The Balaban J connectivity index is 1.57. The van der Waals surface area contributed by atoms with Crippen LogP contribution >= 0.6 is 0 Å². The Hall–Kier alpha value is -1.32. The first-order valence-corrected chi connectivity index (χ1v) is 12.2. The van der Waals surface area contributed by atoms with Crippen LogP contribution in [0.3, 0.4) is 0 Å². The first-order chi connectivity index (χ1) is 14.1. The van der Waals surface area contributed by atoms with E-state index in [0.717, 1.165) is 50.5 Å². The maximum atomic E-state index is 13.5. The smallest absolute Gasteiger partial charge is 0.303 e. The zero-order valence-electron chi connectivity index (χ0n) is 19.2. The van der Waals surface area contributed by atoms with E-state index in [1.807, 2.05) is 0 Å². The normalized spacial score (nSPS) is 45.9. The molecule has 4 rings (SSSR count). The third-order valence-corrected chi connectivity index (χ3v) is 10.4. The highest BCUT2D eigenvalue weighted by atomic mass is 16.4. The van der Waals surface area contributed by atoms with Crippen LogP contribution in [0.4, 0.5) is 0 Å². The summed E-state index contributed by atoms with van der Waals surface area (Å²) in [6.07, 6.45) is 9.24. The summed E-state index contributed by atoms with van der Waals surface area (Å²) >= 11 is 0. The van der Waals surface area contributed by atoms with E-state index >= 15 is 0 Å². The molecular formula is C26H40O4. The van der Waals surface area contributed by atoms with Crippen molar-refractivity contribution in [1.82, 2.24) is 0 Å². The average molecular weight is 417 g/mol. The van der Waals surface area contributed by atoms with Gasteiger partial charge in [-0.2, -0.15) is 0 Å². The average Bonchev–Trinajstić information content (AvgIpc) is 3.03. The van der Waals surface area contributed by atoms with Gasteiger partial charge in [0, 0.05) is 18.8 Å². The van der Waals surface area contributed by atoms with Crippen LogP contribution in [0.15, 0.2) is 11.3 Å². The summed E-state index contributed by atoms with van der Waals surface area (Å²) in [6.45, 7) is 8.89. The molecule has 30 heavy (non-hydrogen) atoms. The highest BCUT2D eigenvalue weighted by Crippen LogP contribution is 2.68. The number of carboxylic acid groups (broad SMARTS) is 1. The molecule has 168 valence electrons. The Kier molecular flexibility index (Phi) is 5.60. The van der Waals surface area contributed by atoms with Gasteiger partial charge in [-0.3, -0.25) is 9.59 Å². The van der Waals surface area contributed by atoms with Gasteiger partial charge in [-0.15, -0.1) is 0 Å². The van der Waals surface area contributed by atoms with Gasteiger partial charge in [-0.05, 0) is 104 Å². The molecule has 0 aromatic heterocycles. The first kappa shape index (κ1) is 21.9. The summed E-state index contributed by atoms with van der Waals surface area (Å²) in [4.78, 5) is 24.6. The molecule has 0 aromatic rings. The molecule has 4 aliphatic rings. The van der Waals surface area contributed by atoms with Gasteiger partial charge in [-0.25, -0.2) is 0 Å². The van der Waals surface area contributed by atoms with E-state index in [9.17, 15) is 14.7 Å². The number of aliphatic carboxylic acids is 1. The van der Waals surface area contributed by atoms with Gasteiger partial charge >= 0.3 is 5.97 Å². The number of allylic oxidation sites excluding steroid dienone is 2. The van der Waals surface area contributed by atoms with Crippen molar-refractivity contribution in [2.75, 3.05) is 0 Å². The second kappa shape index (κ2) is 7.67. The molecular weight excluding hydrogens is 376 g/mol. The van der Waals surface area contributed by atoms with E-state index in [1.54, 1.807) is 6.92 Å². The van der Waals surface area contributed by atoms with Crippen molar-refractivity contribution in [3.63, 3.8) is 0 Å². The van der Waals surface area contributed by atoms with Crippen LogP contribution in [0.25, 0.3) is 0 Å². The molecule has 0 aromatic carbocycles. The number of ketones is 1. The molecule has 0 radical (unpaired) electrons. The monoisotopic (exact) mass is 416 g/mol. The van der Waals surface area contributed by atoms with E-state index in [4.69, 9.17) is 5.11 Å². The Morgan fingerprint density at radius 2 is 1.77 bits per heavy atom. The second-order valence-corrected chi connectivity index (χ2v) is 11.6. The number of carboxylic acids is 1. The van der Waals surface area contributed by atoms with Gasteiger partial charge in [0.25, 0.3) is 0 Å². The summed E-state index contributed by atoms with van der Waals surface area (Å²) in [6, 6.07) is 0. The first-order valence-electron chi connectivity index (χ1n) is 12.2. The van der Waals surface area contributed by atoms with Crippen LogP contribution in [-0.2, 0) is 9.59 Å². The van der Waals surface area contributed by atoms with Crippen molar-refractivity contribution in [3.05, 3.63) is 11.3 Å². The van der Waals surface area contributed by atoms with Crippen LogP contribution in [0.2, 0.25) is 0 Å². The molecule has 0 heterocycles. The van der Waals surface area contributed by atoms with Crippen LogP contribution in [0.1, 0.15) is 91.9 Å². The number of fused-ring (bicyclic) bond motifs is 5. The lowest BCUT2D eigenvalue weighted by Crippen LogP contribution is -2.56. The van der Waals surface area contributed by atoms with Crippen molar-refractivity contribution in [3.8, 4) is 0 Å². The molecule has 4 heteroatoms. The maximum Gasteiger partial charge on any atom is 0.303 e. The van der Waals surface area contributed by atoms with Gasteiger partial charge < -0.3 is 10.2 Å². The lowest BCUT2D eigenvalue weighted by molar-refractivity contribution is -0.155. The number of aliphatic hydroxyl groups is 1. The Labute approximate surface area is 181 Å². The summed E-state index contributed by atoms with van der Waals surface area (Å²) in [5.41, 5.74) is 1.56. The van der Waals surface area contributed by atoms with Crippen LogP contribution in [0, 0.1) is 46.3 Å². The van der Waals surface area contributed by atoms with Crippen molar-refractivity contribution >= 4 is 11.8 Å². The zero-order valence-corrected chi connectivity index (χ0v) is 19.2. The molecule has 4 aliphatic carbocycles. The van der Waals surface area contributed by atoms with E-state index < -0.39 is 5.97 Å². The summed E-state index contributed by atoms with van der Waals surface area (Å²) in [5.74, 6) is 2.73. The van der Waals surface area contributed by atoms with Crippen molar-refractivity contribution in [2.24, 2.45) is 46.3 Å². The minimum Gasteiger partial charge on any atom is -0.513 e. The lowest BCUT2D eigenvalue weighted by Gasteiger charge is -2.60. The van der Waals surface area contributed by atoms with Crippen LogP contribution in [-0.4, -0.2) is 22.0 Å². The number of carbonyl (C=O) groups is 2. The predicted molar refractivity (Wildman–Crippen MR) is 117 cm³/mol. The molecule has 4 nitrogen and oxygen atoms in total. The quantitative estimate of drug-likeness (QED) is 0.538. The van der Waals surface area contributed by atoms with Crippen LogP contribution in [0.5, 0.6) is 0 Å². The number of hydrogen-bond donors (Lipinski definition) is 2. The van der Waals surface area contributed by atoms with Gasteiger partial charge in [0.05, 0.1) is 5.76 Å². The van der Waals surface area contributed by atoms with Crippen molar-refractivity contribution < 1.29 is 19.8 Å².